The van der Waals surface area contributed by atoms with Crippen molar-refractivity contribution in [1.29, 1.82) is 0 Å². The first-order chi connectivity index (χ1) is 14.4. The van der Waals surface area contributed by atoms with Crippen LogP contribution in [-0.2, 0) is 28.8 Å². The summed E-state index contributed by atoms with van der Waals surface area (Å²) in [4.78, 5) is 24.9. The molecule has 0 atom stereocenters. The zero-order valence-electron chi connectivity index (χ0n) is 17.9. The van der Waals surface area contributed by atoms with E-state index in [1.54, 1.807) is 0 Å². The van der Waals surface area contributed by atoms with Gasteiger partial charge in [-0.25, -0.2) is 4.79 Å². The molecule has 2 aromatic heterocycles. The molecular formula is C24H29NO5. The maximum atomic E-state index is 12.6. The van der Waals surface area contributed by atoms with Crippen molar-refractivity contribution in [3.8, 4) is 0 Å². The number of amides is 1. The first-order valence-electron chi connectivity index (χ1n) is 10.8. The van der Waals surface area contributed by atoms with E-state index in [9.17, 15) is 9.59 Å². The number of carbonyl (C=O) groups is 1. The summed E-state index contributed by atoms with van der Waals surface area (Å²) in [5.74, 6) is 0.865. The quantitative estimate of drug-likeness (QED) is 0.465. The van der Waals surface area contributed by atoms with Gasteiger partial charge < -0.3 is 18.9 Å². The van der Waals surface area contributed by atoms with Crippen LogP contribution in [0.2, 0.25) is 0 Å². The highest BCUT2D eigenvalue weighted by atomic mass is 16.5. The van der Waals surface area contributed by atoms with Crippen molar-refractivity contribution in [3.05, 3.63) is 45.0 Å². The SMILES string of the molecule is Cc1c(CC(=O)NCCCOC(C)C)c(=O)oc2cc3oc4c(c3cc12)CCCC4. The van der Waals surface area contributed by atoms with Crippen molar-refractivity contribution >= 4 is 27.8 Å². The van der Waals surface area contributed by atoms with Gasteiger partial charge in [0.15, 0.2) is 0 Å². The van der Waals surface area contributed by atoms with Crippen LogP contribution in [-0.4, -0.2) is 25.2 Å². The Morgan fingerprint density at radius 1 is 1.13 bits per heavy atom. The second kappa shape index (κ2) is 8.64. The number of aryl methyl sites for hydroxylation is 3. The van der Waals surface area contributed by atoms with Gasteiger partial charge in [-0.15, -0.1) is 0 Å². The molecule has 6 nitrogen and oxygen atoms in total. The van der Waals surface area contributed by atoms with Gasteiger partial charge in [0.2, 0.25) is 5.91 Å². The summed E-state index contributed by atoms with van der Waals surface area (Å²) in [5.41, 5.74) is 3.29. The van der Waals surface area contributed by atoms with Crippen molar-refractivity contribution in [3.63, 3.8) is 0 Å². The van der Waals surface area contributed by atoms with Crippen molar-refractivity contribution in [2.45, 2.75) is 65.4 Å². The molecule has 0 aliphatic heterocycles. The van der Waals surface area contributed by atoms with Gasteiger partial charge in [0.25, 0.3) is 0 Å². The van der Waals surface area contributed by atoms with E-state index in [-0.39, 0.29) is 18.4 Å². The maximum Gasteiger partial charge on any atom is 0.340 e. The first-order valence-corrected chi connectivity index (χ1v) is 10.8. The number of nitrogens with one attached hydrogen (secondary N) is 1. The van der Waals surface area contributed by atoms with Gasteiger partial charge in [0.05, 0.1) is 18.1 Å². The van der Waals surface area contributed by atoms with Crippen molar-refractivity contribution < 1.29 is 18.4 Å². The van der Waals surface area contributed by atoms with Gasteiger partial charge in [-0.05, 0) is 58.1 Å². The summed E-state index contributed by atoms with van der Waals surface area (Å²) < 4.78 is 17.1. The molecule has 160 valence electrons. The number of rotatable bonds is 7. The van der Waals surface area contributed by atoms with Crippen LogP contribution in [0.1, 0.15) is 55.6 Å². The van der Waals surface area contributed by atoms with Crippen LogP contribution in [0, 0.1) is 6.92 Å². The summed E-state index contributed by atoms with van der Waals surface area (Å²) in [7, 11) is 0. The van der Waals surface area contributed by atoms with Crippen LogP contribution >= 0.6 is 0 Å². The van der Waals surface area contributed by atoms with E-state index >= 15 is 0 Å². The highest BCUT2D eigenvalue weighted by Crippen LogP contribution is 2.35. The molecule has 6 heteroatoms. The number of benzene rings is 1. The average Bonchev–Trinajstić information content (AvgIpc) is 3.07. The van der Waals surface area contributed by atoms with Crippen molar-refractivity contribution in [2.75, 3.05) is 13.2 Å². The minimum atomic E-state index is -0.464. The topological polar surface area (TPSA) is 81.7 Å². The summed E-state index contributed by atoms with van der Waals surface area (Å²) in [5, 5.41) is 4.82. The predicted molar refractivity (Wildman–Crippen MR) is 116 cm³/mol. The van der Waals surface area contributed by atoms with Crippen molar-refractivity contribution in [2.24, 2.45) is 0 Å². The Bertz CT molecular complexity index is 1140. The van der Waals surface area contributed by atoms with Crippen LogP contribution in [0.3, 0.4) is 0 Å². The molecule has 0 spiro atoms. The summed E-state index contributed by atoms with van der Waals surface area (Å²) in [6.07, 6.45) is 5.20. The van der Waals surface area contributed by atoms with E-state index in [0.29, 0.717) is 24.3 Å². The minimum absolute atomic E-state index is 0.0106. The van der Waals surface area contributed by atoms with Crippen LogP contribution in [0.5, 0.6) is 0 Å². The number of hydrogen-bond acceptors (Lipinski definition) is 5. The molecular weight excluding hydrogens is 382 g/mol. The fraction of sp³-hybridized carbons (Fsp3) is 0.500. The number of hydrogen-bond donors (Lipinski definition) is 1. The third-order valence-corrected chi connectivity index (χ3v) is 5.79. The van der Waals surface area contributed by atoms with E-state index in [1.807, 2.05) is 26.8 Å². The Hall–Kier alpha value is -2.60. The molecule has 0 bridgehead atoms. The molecule has 1 amide bonds. The van der Waals surface area contributed by atoms with Gasteiger partial charge in [-0.2, -0.15) is 0 Å². The Balaban J connectivity index is 1.57. The molecule has 0 saturated carbocycles. The highest BCUT2D eigenvalue weighted by molar-refractivity contribution is 5.97. The molecule has 0 unspecified atom stereocenters. The number of fused-ring (bicyclic) bond motifs is 4. The Morgan fingerprint density at radius 2 is 1.90 bits per heavy atom. The van der Waals surface area contributed by atoms with Crippen LogP contribution in [0.15, 0.2) is 25.8 Å². The van der Waals surface area contributed by atoms with E-state index in [1.165, 1.54) is 5.56 Å². The van der Waals surface area contributed by atoms with Gasteiger partial charge in [-0.1, -0.05) is 0 Å². The molecule has 0 fully saturated rings. The molecule has 2 heterocycles. The second-order valence-electron chi connectivity index (χ2n) is 8.35. The van der Waals surface area contributed by atoms with E-state index < -0.39 is 5.63 Å². The van der Waals surface area contributed by atoms with Crippen LogP contribution < -0.4 is 10.9 Å². The molecule has 3 aromatic rings. The molecule has 1 aliphatic carbocycles. The lowest BCUT2D eigenvalue weighted by Crippen LogP contribution is -2.29. The van der Waals surface area contributed by atoms with Gasteiger partial charge in [-0.3, -0.25) is 4.79 Å². The predicted octanol–water partition coefficient (Wildman–Crippen LogP) is 4.20. The number of carbonyl (C=O) groups excluding carboxylic acids is 1. The number of furan rings is 1. The first kappa shape index (κ1) is 20.7. The van der Waals surface area contributed by atoms with Crippen molar-refractivity contribution in [1.82, 2.24) is 5.32 Å². The highest BCUT2D eigenvalue weighted by Gasteiger charge is 2.21. The Kier molecular flexibility index (Phi) is 5.95. The summed E-state index contributed by atoms with van der Waals surface area (Å²) in [6.45, 7) is 6.96. The standard InChI is InChI=1S/C24H29NO5/c1-14(2)28-10-6-9-25-23(26)12-18-15(3)17-11-19-16-7-4-5-8-20(16)29-22(19)13-21(17)30-24(18)27/h11,13-14H,4-10,12H2,1-3H3,(H,25,26). The second-order valence-corrected chi connectivity index (χ2v) is 8.35. The Labute approximate surface area is 175 Å². The largest absolute Gasteiger partial charge is 0.461 e. The third kappa shape index (κ3) is 4.15. The third-order valence-electron chi connectivity index (χ3n) is 5.79. The van der Waals surface area contributed by atoms with E-state index in [4.69, 9.17) is 13.6 Å². The molecule has 4 rings (SSSR count). The zero-order chi connectivity index (χ0) is 21.3. The summed E-state index contributed by atoms with van der Waals surface area (Å²) in [6, 6.07) is 3.87. The maximum absolute atomic E-state index is 12.6. The van der Waals surface area contributed by atoms with E-state index in [2.05, 4.69) is 11.4 Å². The monoisotopic (exact) mass is 411 g/mol. The summed E-state index contributed by atoms with van der Waals surface area (Å²) >= 11 is 0. The normalized spacial score (nSPS) is 13.9. The van der Waals surface area contributed by atoms with E-state index in [0.717, 1.165) is 59.8 Å². The molecule has 1 aromatic carbocycles. The van der Waals surface area contributed by atoms with Gasteiger partial charge in [0.1, 0.15) is 16.9 Å². The molecule has 1 aliphatic rings. The Morgan fingerprint density at radius 3 is 2.70 bits per heavy atom. The van der Waals surface area contributed by atoms with Crippen LogP contribution in [0.4, 0.5) is 0 Å². The zero-order valence-corrected chi connectivity index (χ0v) is 17.9. The fourth-order valence-electron chi connectivity index (χ4n) is 4.19. The van der Waals surface area contributed by atoms with Crippen LogP contribution in [0.25, 0.3) is 21.9 Å². The lowest BCUT2D eigenvalue weighted by Gasteiger charge is -2.10. The average molecular weight is 411 g/mol. The molecule has 0 saturated heterocycles. The molecule has 1 N–H and O–H groups in total. The lowest BCUT2D eigenvalue weighted by atomic mass is 9.94. The fourth-order valence-corrected chi connectivity index (χ4v) is 4.19. The van der Waals surface area contributed by atoms with Gasteiger partial charge >= 0.3 is 5.63 Å². The van der Waals surface area contributed by atoms with Gasteiger partial charge in [0, 0.05) is 42.0 Å². The lowest BCUT2D eigenvalue weighted by molar-refractivity contribution is -0.120. The molecule has 0 radical (unpaired) electrons. The number of ether oxygens (including phenoxy) is 1. The minimum Gasteiger partial charge on any atom is -0.461 e. The molecule has 30 heavy (non-hydrogen) atoms. The smallest absolute Gasteiger partial charge is 0.340 e.